The molecule has 8 nitrogen and oxygen atoms in total. The summed E-state index contributed by atoms with van der Waals surface area (Å²) >= 11 is 0. The lowest BCUT2D eigenvalue weighted by Gasteiger charge is -2.18. The van der Waals surface area contributed by atoms with Gasteiger partial charge in [-0.15, -0.1) is 0 Å². The molecule has 0 aliphatic heterocycles. The van der Waals surface area contributed by atoms with Crippen molar-refractivity contribution in [1.82, 2.24) is 15.1 Å². The highest BCUT2D eigenvalue weighted by Crippen LogP contribution is 2.20. The fourth-order valence-corrected chi connectivity index (χ4v) is 3.79. The van der Waals surface area contributed by atoms with Gasteiger partial charge in [0, 0.05) is 12.1 Å². The van der Waals surface area contributed by atoms with E-state index < -0.39 is 12.1 Å². The number of rotatable bonds is 9. The topological polar surface area (TPSA) is 99.5 Å². The van der Waals surface area contributed by atoms with Crippen LogP contribution in [0.15, 0.2) is 54.6 Å². The molecule has 3 aromatic rings. The summed E-state index contributed by atoms with van der Waals surface area (Å²) in [7, 11) is 1.37. The zero-order chi connectivity index (χ0) is 25.5. The number of carbonyl (C=O) groups excluding carboxylic acids is 3. The Bertz CT molecular complexity index is 1190. The molecule has 184 valence electrons. The molecule has 0 radical (unpaired) electrons. The van der Waals surface area contributed by atoms with E-state index in [1.165, 1.54) is 7.11 Å². The number of esters is 2. The van der Waals surface area contributed by atoms with Crippen LogP contribution in [0.5, 0.6) is 0 Å². The molecule has 2 aromatic carbocycles. The second kappa shape index (κ2) is 11.5. The van der Waals surface area contributed by atoms with Crippen molar-refractivity contribution in [3.05, 3.63) is 82.7 Å². The van der Waals surface area contributed by atoms with Gasteiger partial charge in [0.1, 0.15) is 0 Å². The molecule has 1 N–H and O–H groups in total. The molecular weight excluding hydrogens is 446 g/mol. The van der Waals surface area contributed by atoms with Gasteiger partial charge in [0.25, 0.3) is 5.91 Å². The third-order valence-corrected chi connectivity index (χ3v) is 5.91. The lowest BCUT2D eigenvalue weighted by atomic mass is 10.1. The number of hydrogen-bond donors (Lipinski definition) is 1. The van der Waals surface area contributed by atoms with Gasteiger partial charge in [-0.3, -0.25) is 9.59 Å². The first-order chi connectivity index (χ1) is 16.7. The van der Waals surface area contributed by atoms with E-state index >= 15 is 0 Å². The Balaban J connectivity index is 1.63. The summed E-state index contributed by atoms with van der Waals surface area (Å²) in [5.74, 6) is -1.22. The maximum Gasteiger partial charge on any atom is 0.338 e. The number of nitrogens with zero attached hydrogens (tertiary/aromatic N) is 2. The minimum Gasteiger partial charge on any atom is -0.469 e. The van der Waals surface area contributed by atoms with Crippen molar-refractivity contribution in [2.45, 2.75) is 52.7 Å². The van der Waals surface area contributed by atoms with Crippen molar-refractivity contribution in [2.75, 3.05) is 7.11 Å². The molecule has 0 bridgehead atoms. The van der Waals surface area contributed by atoms with E-state index in [4.69, 9.17) is 9.47 Å². The molecule has 1 aromatic heterocycles. The average Bonchev–Trinajstić information content (AvgIpc) is 3.15. The summed E-state index contributed by atoms with van der Waals surface area (Å²) in [4.78, 5) is 36.6. The standard InChI is InChI=1S/C27H31N3O5/c1-17(21-9-7-6-8-10-21)28-26(32)20(4)35-27(33)22-11-13-23(14-12-22)30-19(3)24(18(2)29-30)15-16-25(31)34-5/h6-14,17,20H,15-16H2,1-5H3,(H,28,32). The molecular formula is C27H31N3O5. The maximum atomic E-state index is 12.6. The number of carbonyl (C=O) groups is 3. The Labute approximate surface area is 205 Å². The first-order valence-corrected chi connectivity index (χ1v) is 11.5. The quantitative estimate of drug-likeness (QED) is 0.468. The summed E-state index contributed by atoms with van der Waals surface area (Å²) in [6.45, 7) is 7.25. The maximum absolute atomic E-state index is 12.6. The number of nitrogens with one attached hydrogen (secondary N) is 1. The molecule has 3 rings (SSSR count). The summed E-state index contributed by atoms with van der Waals surface area (Å²) in [5.41, 5.74) is 4.81. The van der Waals surface area contributed by atoms with Crippen LogP contribution in [0.2, 0.25) is 0 Å². The van der Waals surface area contributed by atoms with Gasteiger partial charge < -0.3 is 14.8 Å². The van der Waals surface area contributed by atoms with Crippen molar-refractivity contribution in [1.29, 1.82) is 0 Å². The minimum absolute atomic E-state index is 0.206. The van der Waals surface area contributed by atoms with E-state index in [1.807, 2.05) is 51.1 Å². The molecule has 0 saturated heterocycles. The van der Waals surface area contributed by atoms with Gasteiger partial charge in [0.05, 0.1) is 30.1 Å². The number of amides is 1. The summed E-state index contributed by atoms with van der Waals surface area (Å²) in [6.07, 6.45) is -0.121. The monoisotopic (exact) mass is 477 g/mol. The molecule has 0 saturated carbocycles. The van der Waals surface area contributed by atoms with Gasteiger partial charge in [-0.2, -0.15) is 5.10 Å². The summed E-state index contributed by atoms with van der Waals surface area (Å²) < 4.78 is 11.9. The second-order valence-electron chi connectivity index (χ2n) is 8.37. The Morgan fingerprint density at radius 1 is 1.00 bits per heavy atom. The lowest BCUT2D eigenvalue weighted by Crippen LogP contribution is -2.37. The fourth-order valence-electron chi connectivity index (χ4n) is 3.79. The van der Waals surface area contributed by atoms with E-state index in [0.717, 1.165) is 28.2 Å². The zero-order valence-corrected chi connectivity index (χ0v) is 20.7. The highest BCUT2D eigenvalue weighted by Gasteiger charge is 2.21. The third kappa shape index (κ3) is 6.35. The van der Waals surface area contributed by atoms with Crippen LogP contribution in [-0.2, 0) is 25.5 Å². The lowest BCUT2D eigenvalue weighted by molar-refractivity contribution is -0.140. The predicted octanol–water partition coefficient (Wildman–Crippen LogP) is 4.02. The Hall–Kier alpha value is -3.94. The molecule has 1 heterocycles. The van der Waals surface area contributed by atoms with Crippen molar-refractivity contribution >= 4 is 17.8 Å². The van der Waals surface area contributed by atoms with Gasteiger partial charge >= 0.3 is 11.9 Å². The Kier molecular flexibility index (Phi) is 8.41. The molecule has 2 unspecified atom stereocenters. The molecule has 2 atom stereocenters. The largest absolute Gasteiger partial charge is 0.469 e. The normalized spacial score (nSPS) is 12.5. The number of ether oxygens (including phenoxy) is 2. The van der Waals surface area contributed by atoms with Crippen molar-refractivity contribution in [3.63, 3.8) is 0 Å². The van der Waals surface area contributed by atoms with Crippen LogP contribution in [0.4, 0.5) is 0 Å². The van der Waals surface area contributed by atoms with Crippen LogP contribution < -0.4 is 5.32 Å². The average molecular weight is 478 g/mol. The molecule has 35 heavy (non-hydrogen) atoms. The van der Waals surface area contributed by atoms with E-state index in [1.54, 1.807) is 35.9 Å². The fraction of sp³-hybridized carbons (Fsp3) is 0.333. The van der Waals surface area contributed by atoms with Crippen LogP contribution in [-0.4, -0.2) is 40.8 Å². The first-order valence-electron chi connectivity index (χ1n) is 11.5. The zero-order valence-electron chi connectivity index (χ0n) is 20.7. The molecule has 1 amide bonds. The van der Waals surface area contributed by atoms with Gasteiger partial charge in [0.15, 0.2) is 6.10 Å². The molecule has 0 aliphatic rings. The van der Waals surface area contributed by atoms with E-state index in [0.29, 0.717) is 12.0 Å². The number of hydrogen-bond acceptors (Lipinski definition) is 6. The van der Waals surface area contributed by atoms with Crippen molar-refractivity contribution in [3.8, 4) is 5.69 Å². The summed E-state index contributed by atoms with van der Waals surface area (Å²) in [6, 6.07) is 16.2. The van der Waals surface area contributed by atoms with Gasteiger partial charge in [-0.1, -0.05) is 30.3 Å². The molecule has 8 heteroatoms. The third-order valence-electron chi connectivity index (χ3n) is 5.91. The minimum atomic E-state index is -0.943. The summed E-state index contributed by atoms with van der Waals surface area (Å²) in [5, 5.41) is 7.44. The van der Waals surface area contributed by atoms with Gasteiger partial charge in [0.2, 0.25) is 0 Å². The number of aryl methyl sites for hydroxylation is 1. The molecule has 0 spiro atoms. The second-order valence-corrected chi connectivity index (χ2v) is 8.37. The van der Waals surface area contributed by atoms with Crippen LogP contribution in [0, 0.1) is 13.8 Å². The smallest absolute Gasteiger partial charge is 0.338 e. The number of aromatic nitrogens is 2. The van der Waals surface area contributed by atoms with Crippen molar-refractivity contribution in [2.24, 2.45) is 0 Å². The number of benzene rings is 2. The van der Waals surface area contributed by atoms with Gasteiger partial charge in [-0.05, 0) is 69.5 Å². The molecule has 0 aliphatic carbocycles. The number of methoxy groups -OCH3 is 1. The highest BCUT2D eigenvalue weighted by molar-refractivity contribution is 5.92. The van der Waals surface area contributed by atoms with Crippen LogP contribution in [0.3, 0.4) is 0 Å². The molecule has 0 fully saturated rings. The Morgan fingerprint density at radius 3 is 2.29 bits per heavy atom. The predicted molar refractivity (Wildman–Crippen MR) is 131 cm³/mol. The van der Waals surface area contributed by atoms with Gasteiger partial charge in [-0.25, -0.2) is 9.48 Å². The van der Waals surface area contributed by atoms with E-state index in [-0.39, 0.29) is 24.3 Å². The highest BCUT2D eigenvalue weighted by atomic mass is 16.5. The van der Waals surface area contributed by atoms with Crippen LogP contribution in [0.25, 0.3) is 5.69 Å². The SMILES string of the molecule is COC(=O)CCc1c(C)nn(-c2ccc(C(=O)OC(C)C(=O)NC(C)c3ccccc3)cc2)c1C. The van der Waals surface area contributed by atoms with E-state index in [2.05, 4.69) is 10.4 Å². The van der Waals surface area contributed by atoms with E-state index in [9.17, 15) is 14.4 Å². The Morgan fingerprint density at radius 2 is 1.66 bits per heavy atom. The van der Waals surface area contributed by atoms with Crippen LogP contribution >= 0.6 is 0 Å². The first kappa shape index (κ1) is 25.7. The van der Waals surface area contributed by atoms with Crippen LogP contribution in [0.1, 0.15) is 59.2 Å². The van der Waals surface area contributed by atoms with Crippen molar-refractivity contribution < 1.29 is 23.9 Å².